The van der Waals surface area contributed by atoms with Gasteiger partial charge in [-0.15, -0.1) is 0 Å². The van der Waals surface area contributed by atoms with Gasteiger partial charge in [0.25, 0.3) is 0 Å². The second kappa shape index (κ2) is 5.71. The first-order chi connectivity index (χ1) is 9.10. The third-order valence-corrected chi connectivity index (χ3v) is 3.82. The highest BCUT2D eigenvalue weighted by Crippen LogP contribution is 2.48. The minimum Gasteiger partial charge on any atom is -0.385 e. The fourth-order valence-electron chi connectivity index (χ4n) is 2.22. The van der Waals surface area contributed by atoms with Crippen LogP contribution in [0.2, 0.25) is 0 Å². The van der Waals surface area contributed by atoms with Gasteiger partial charge in [0.15, 0.2) is 0 Å². The number of nitrogen functional groups attached to an aromatic ring is 1. The first-order valence-corrected chi connectivity index (χ1v) is 6.65. The summed E-state index contributed by atoms with van der Waals surface area (Å²) in [4.78, 5) is 8.70. The Kier molecular flexibility index (Phi) is 4.21. The molecule has 0 amide bonds. The van der Waals surface area contributed by atoms with Crippen molar-refractivity contribution in [2.75, 3.05) is 31.0 Å². The lowest BCUT2D eigenvalue weighted by Crippen LogP contribution is -2.20. The first kappa shape index (κ1) is 14.0. The molecule has 1 aromatic heterocycles. The number of ether oxygens (including phenoxy) is 1. The lowest BCUT2D eigenvalue weighted by Gasteiger charge is -2.18. The second-order valence-electron chi connectivity index (χ2n) is 5.33. The number of nitrogens with zero attached hydrogens (tertiary/aromatic N) is 2. The predicted molar refractivity (Wildman–Crippen MR) is 76.0 cm³/mol. The number of aryl methyl sites for hydroxylation is 1. The van der Waals surface area contributed by atoms with Crippen LogP contribution in [0.5, 0.6) is 0 Å². The van der Waals surface area contributed by atoms with Crippen LogP contribution in [0.4, 0.5) is 11.6 Å². The summed E-state index contributed by atoms with van der Waals surface area (Å²) in [5, 5.41) is 3.44. The number of methoxy groups -OCH3 is 1. The molecular weight excluding hydrogens is 242 g/mol. The highest BCUT2D eigenvalue weighted by Gasteiger charge is 2.41. The third kappa shape index (κ3) is 3.33. The van der Waals surface area contributed by atoms with Gasteiger partial charge in [0, 0.05) is 25.8 Å². The van der Waals surface area contributed by atoms with Crippen LogP contribution in [0.3, 0.4) is 0 Å². The van der Waals surface area contributed by atoms with Crippen molar-refractivity contribution in [3.05, 3.63) is 11.4 Å². The first-order valence-electron chi connectivity index (χ1n) is 6.65. The monoisotopic (exact) mass is 265 g/mol. The smallest absolute Gasteiger partial charge is 0.148 e. The molecule has 0 saturated heterocycles. The van der Waals surface area contributed by atoms with Gasteiger partial charge >= 0.3 is 0 Å². The molecule has 4 N–H and O–H groups in total. The van der Waals surface area contributed by atoms with Crippen LogP contribution < -0.4 is 16.6 Å². The number of hydrogen-bond acceptors (Lipinski definition) is 6. The van der Waals surface area contributed by atoms with E-state index in [-0.39, 0.29) is 0 Å². The van der Waals surface area contributed by atoms with Gasteiger partial charge in [-0.05, 0) is 38.5 Å². The Morgan fingerprint density at radius 1 is 1.26 bits per heavy atom. The molecule has 1 fully saturated rings. The molecule has 19 heavy (non-hydrogen) atoms. The Balaban J connectivity index is 2.01. The van der Waals surface area contributed by atoms with Gasteiger partial charge in [-0.25, -0.2) is 15.8 Å². The van der Waals surface area contributed by atoms with Gasteiger partial charge in [-0.3, -0.25) is 0 Å². The van der Waals surface area contributed by atoms with Crippen molar-refractivity contribution in [1.29, 1.82) is 0 Å². The predicted octanol–water partition coefficient (Wildman–Crippen LogP) is 1.61. The minimum absolute atomic E-state index is 0.387. The van der Waals surface area contributed by atoms with Crippen LogP contribution in [0, 0.1) is 19.3 Å². The molecule has 0 aliphatic heterocycles. The van der Waals surface area contributed by atoms with Gasteiger partial charge in [0.1, 0.15) is 17.5 Å². The van der Waals surface area contributed by atoms with Gasteiger partial charge in [-0.1, -0.05) is 0 Å². The molecule has 1 aliphatic rings. The Hall–Kier alpha value is -1.40. The van der Waals surface area contributed by atoms with Gasteiger partial charge in [0.2, 0.25) is 0 Å². The lowest BCUT2D eigenvalue weighted by molar-refractivity contribution is 0.175. The average molecular weight is 265 g/mol. The zero-order chi connectivity index (χ0) is 13.9. The van der Waals surface area contributed by atoms with Crippen molar-refractivity contribution in [1.82, 2.24) is 9.97 Å². The van der Waals surface area contributed by atoms with E-state index >= 15 is 0 Å². The van der Waals surface area contributed by atoms with E-state index in [0.29, 0.717) is 17.1 Å². The zero-order valence-electron chi connectivity index (χ0n) is 11.9. The van der Waals surface area contributed by atoms with E-state index in [1.54, 1.807) is 7.11 Å². The van der Waals surface area contributed by atoms with E-state index in [0.717, 1.165) is 31.0 Å². The largest absolute Gasteiger partial charge is 0.385 e. The topological polar surface area (TPSA) is 85.1 Å². The van der Waals surface area contributed by atoms with Crippen molar-refractivity contribution in [3.63, 3.8) is 0 Å². The third-order valence-electron chi connectivity index (χ3n) is 3.82. The maximum atomic E-state index is 5.46. The molecule has 1 aliphatic carbocycles. The molecule has 0 radical (unpaired) electrons. The minimum atomic E-state index is 0.387. The van der Waals surface area contributed by atoms with E-state index in [4.69, 9.17) is 10.6 Å². The standard InChI is InChI=1S/C13H23N5O/c1-9-11(16-10(2)17-12(9)18-14)15-8-13(4-5-13)6-7-19-3/h4-8,14H2,1-3H3,(H2,15,16,17,18). The molecule has 6 nitrogen and oxygen atoms in total. The molecule has 0 atom stereocenters. The summed E-state index contributed by atoms with van der Waals surface area (Å²) in [7, 11) is 1.75. The maximum absolute atomic E-state index is 5.46. The van der Waals surface area contributed by atoms with Crippen LogP contribution in [-0.4, -0.2) is 30.2 Å². The lowest BCUT2D eigenvalue weighted by atomic mass is 10.0. The second-order valence-corrected chi connectivity index (χ2v) is 5.33. The van der Waals surface area contributed by atoms with Gasteiger partial charge in [-0.2, -0.15) is 0 Å². The molecule has 1 saturated carbocycles. The quantitative estimate of drug-likeness (QED) is 0.513. The van der Waals surface area contributed by atoms with Crippen LogP contribution in [0.25, 0.3) is 0 Å². The van der Waals surface area contributed by atoms with Gasteiger partial charge < -0.3 is 15.5 Å². The number of aromatic nitrogens is 2. The molecule has 0 spiro atoms. The van der Waals surface area contributed by atoms with E-state index in [2.05, 4.69) is 20.7 Å². The summed E-state index contributed by atoms with van der Waals surface area (Å²) in [6.07, 6.45) is 3.62. The number of hydrazine groups is 1. The molecular formula is C13H23N5O. The molecule has 2 rings (SSSR count). The van der Waals surface area contributed by atoms with E-state index in [9.17, 15) is 0 Å². The molecule has 106 valence electrons. The van der Waals surface area contributed by atoms with Crippen molar-refractivity contribution in [2.24, 2.45) is 11.3 Å². The molecule has 1 heterocycles. The van der Waals surface area contributed by atoms with Gasteiger partial charge in [0.05, 0.1) is 0 Å². The van der Waals surface area contributed by atoms with Crippen LogP contribution in [0.15, 0.2) is 0 Å². The zero-order valence-corrected chi connectivity index (χ0v) is 11.9. The fourth-order valence-corrected chi connectivity index (χ4v) is 2.22. The molecule has 0 bridgehead atoms. The summed E-state index contributed by atoms with van der Waals surface area (Å²) >= 11 is 0. The summed E-state index contributed by atoms with van der Waals surface area (Å²) in [6, 6.07) is 0. The molecule has 0 aromatic carbocycles. The maximum Gasteiger partial charge on any atom is 0.148 e. The van der Waals surface area contributed by atoms with Crippen molar-refractivity contribution in [2.45, 2.75) is 33.1 Å². The summed E-state index contributed by atoms with van der Waals surface area (Å²) < 4.78 is 5.17. The normalized spacial score (nSPS) is 16.2. The number of hydrogen-bond donors (Lipinski definition) is 3. The highest BCUT2D eigenvalue weighted by molar-refractivity contribution is 5.56. The van der Waals surface area contributed by atoms with Crippen LogP contribution in [-0.2, 0) is 4.74 Å². The summed E-state index contributed by atoms with van der Waals surface area (Å²) in [5.74, 6) is 7.72. The molecule has 1 aromatic rings. The number of rotatable bonds is 7. The Morgan fingerprint density at radius 2 is 1.95 bits per heavy atom. The number of nitrogens with one attached hydrogen (secondary N) is 2. The van der Waals surface area contributed by atoms with Crippen molar-refractivity contribution >= 4 is 11.6 Å². The highest BCUT2D eigenvalue weighted by atomic mass is 16.5. The SMILES string of the molecule is COCCC1(CNc2nc(C)nc(NN)c2C)CC1. The summed E-state index contributed by atoms with van der Waals surface area (Å²) in [6.45, 7) is 5.58. The van der Waals surface area contributed by atoms with E-state index in [1.165, 1.54) is 12.8 Å². The summed E-state index contributed by atoms with van der Waals surface area (Å²) in [5.41, 5.74) is 3.95. The van der Waals surface area contributed by atoms with E-state index < -0.39 is 0 Å². The average Bonchev–Trinajstić information content (AvgIpc) is 3.17. The van der Waals surface area contributed by atoms with Crippen molar-refractivity contribution < 1.29 is 4.74 Å². The number of anilines is 2. The van der Waals surface area contributed by atoms with Crippen molar-refractivity contribution in [3.8, 4) is 0 Å². The Bertz CT molecular complexity index is 445. The molecule has 6 heteroatoms. The Labute approximate surface area is 114 Å². The van der Waals surface area contributed by atoms with Crippen LogP contribution in [0.1, 0.15) is 30.7 Å². The van der Waals surface area contributed by atoms with Crippen LogP contribution >= 0.6 is 0 Å². The number of nitrogens with two attached hydrogens (primary N) is 1. The van der Waals surface area contributed by atoms with E-state index in [1.807, 2.05) is 13.8 Å². The molecule has 0 unspecified atom stereocenters. The fraction of sp³-hybridized carbons (Fsp3) is 0.692. The Morgan fingerprint density at radius 3 is 2.53 bits per heavy atom.